The minimum atomic E-state index is -4.48. The Morgan fingerprint density at radius 3 is 2.24 bits per heavy atom. The number of carbonyl (C=O) groups excluding carboxylic acids is 2. The molecule has 0 atom stereocenters. The highest BCUT2D eigenvalue weighted by atomic mass is 19.4. The van der Waals surface area contributed by atoms with Crippen LogP contribution >= 0.6 is 0 Å². The summed E-state index contributed by atoms with van der Waals surface area (Å²) in [6.45, 7) is 5.41. The molecule has 10 heteroatoms. The van der Waals surface area contributed by atoms with Crippen LogP contribution in [-0.4, -0.2) is 49.7 Å². The van der Waals surface area contributed by atoms with Crippen LogP contribution in [0.1, 0.15) is 25.3 Å². The fourth-order valence-electron chi connectivity index (χ4n) is 3.47. The zero-order valence-electron chi connectivity index (χ0n) is 18.4. The van der Waals surface area contributed by atoms with Gasteiger partial charge in [0.05, 0.1) is 5.56 Å². The Labute approximate surface area is 190 Å². The Kier molecular flexibility index (Phi) is 8.02. The molecule has 1 aliphatic heterocycles. The molecule has 0 spiro atoms. The number of urea groups is 2. The summed E-state index contributed by atoms with van der Waals surface area (Å²) >= 11 is 0. The van der Waals surface area contributed by atoms with Crippen molar-refractivity contribution in [3.63, 3.8) is 0 Å². The van der Waals surface area contributed by atoms with Gasteiger partial charge in [-0.2, -0.15) is 13.2 Å². The van der Waals surface area contributed by atoms with Gasteiger partial charge in [-0.25, -0.2) is 9.59 Å². The molecule has 178 valence electrons. The number of benzene rings is 2. The van der Waals surface area contributed by atoms with E-state index in [4.69, 9.17) is 0 Å². The summed E-state index contributed by atoms with van der Waals surface area (Å²) in [5.41, 5.74) is 0.695. The first-order chi connectivity index (χ1) is 15.8. The molecule has 1 heterocycles. The van der Waals surface area contributed by atoms with Gasteiger partial charge in [0.1, 0.15) is 0 Å². The lowest BCUT2D eigenvalue weighted by atomic mass is 10.2. The average Bonchev–Trinajstić information content (AvgIpc) is 2.79. The van der Waals surface area contributed by atoms with Crippen LogP contribution in [0.2, 0.25) is 0 Å². The largest absolute Gasteiger partial charge is 0.416 e. The van der Waals surface area contributed by atoms with Gasteiger partial charge in [-0.1, -0.05) is 19.4 Å². The molecule has 0 unspecified atom stereocenters. The summed E-state index contributed by atoms with van der Waals surface area (Å²) in [6, 6.07) is 11.0. The summed E-state index contributed by atoms with van der Waals surface area (Å²) in [5.74, 6) is 0. The van der Waals surface area contributed by atoms with E-state index in [0.717, 1.165) is 30.7 Å². The first-order valence-corrected chi connectivity index (χ1v) is 10.9. The van der Waals surface area contributed by atoms with E-state index in [2.05, 4.69) is 27.8 Å². The molecule has 0 aliphatic carbocycles. The predicted molar refractivity (Wildman–Crippen MR) is 123 cm³/mol. The van der Waals surface area contributed by atoms with E-state index in [9.17, 15) is 22.8 Å². The van der Waals surface area contributed by atoms with Crippen LogP contribution in [0.15, 0.2) is 48.5 Å². The van der Waals surface area contributed by atoms with E-state index in [1.54, 1.807) is 17.0 Å². The lowest BCUT2D eigenvalue weighted by Crippen LogP contribution is -2.52. The number of nitrogens with one attached hydrogen (secondary N) is 3. The van der Waals surface area contributed by atoms with Crippen molar-refractivity contribution in [3.8, 4) is 0 Å². The molecule has 2 aromatic rings. The number of amides is 4. The Balaban J connectivity index is 1.49. The van der Waals surface area contributed by atoms with Crippen molar-refractivity contribution in [2.24, 2.45) is 0 Å². The van der Waals surface area contributed by atoms with Gasteiger partial charge in [0, 0.05) is 49.8 Å². The Bertz CT molecular complexity index is 942. The van der Waals surface area contributed by atoms with Gasteiger partial charge in [-0.05, 0) is 48.9 Å². The molecule has 0 saturated carbocycles. The number of unbranched alkanes of at least 4 members (excludes halogenated alkanes) is 1. The minimum Gasteiger partial charge on any atom is -0.368 e. The van der Waals surface area contributed by atoms with Gasteiger partial charge in [-0.3, -0.25) is 0 Å². The highest BCUT2D eigenvalue weighted by Gasteiger charge is 2.30. The number of piperazine rings is 1. The maximum atomic E-state index is 12.8. The van der Waals surface area contributed by atoms with Crippen LogP contribution in [0.25, 0.3) is 0 Å². The molecular weight excluding hydrogens is 435 g/mol. The molecule has 3 N–H and O–H groups in total. The number of anilines is 3. The Morgan fingerprint density at radius 2 is 1.61 bits per heavy atom. The first kappa shape index (κ1) is 24.2. The monoisotopic (exact) mass is 463 g/mol. The second kappa shape index (κ2) is 10.9. The zero-order chi connectivity index (χ0) is 23.8. The summed E-state index contributed by atoms with van der Waals surface area (Å²) in [7, 11) is 0. The quantitative estimate of drug-likeness (QED) is 0.529. The number of rotatable bonds is 6. The molecule has 0 radical (unpaired) electrons. The maximum absolute atomic E-state index is 12.8. The van der Waals surface area contributed by atoms with Crippen molar-refractivity contribution >= 4 is 29.1 Å². The number of alkyl halides is 3. The highest BCUT2D eigenvalue weighted by Crippen LogP contribution is 2.30. The predicted octanol–water partition coefficient (Wildman–Crippen LogP) is 4.98. The van der Waals surface area contributed by atoms with Crippen LogP contribution in [0.5, 0.6) is 0 Å². The SMILES string of the molecule is CCCCNC(=O)N1CCN(c2ccc(NC(=O)Nc3cccc(C(F)(F)F)c3)cc2)CC1. The molecule has 0 bridgehead atoms. The van der Waals surface area contributed by atoms with Crippen LogP contribution in [0, 0.1) is 0 Å². The van der Waals surface area contributed by atoms with Crippen LogP contribution in [0.3, 0.4) is 0 Å². The van der Waals surface area contributed by atoms with Gasteiger partial charge < -0.3 is 25.8 Å². The van der Waals surface area contributed by atoms with Gasteiger partial charge in [0.15, 0.2) is 0 Å². The summed E-state index contributed by atoms with van der Waals surface area (Å²) in [5, 5.41) is 7.95. The molecule has 1 fully saturated rings. The molecule has 4 amide bonds. The fourth-order valence-corrected chi connectivity index (χ4v) is 3.47. The summed E-state index contributed by atoms with van der Waals surface area (Å²) < 4.78 is 38.4. The first-order valence-electron chi connectivity index (χ1n) is 10.9. The van der Waals surface area contributed by atoms with Gasteiger partial charge >= 0.3 is 18.2 Å². The van der Waals surface area contributed by atoms with Crippen molar-refractivity contribution in [3.05, 3.63) is 54.1 Å². The van der Waals surface area contributed by atoms with Gasteiger partial charge in [-0.15, -0.1) is 0 Å². The highest BCUT2D eigenvalue weighted by molar-refractivity contribution is 5.99. The van der Waals surface area contributed by atoms with Crippen molar-refractivity contribution in [1.82, 2.24) is 10.2 Å². The third kappa shape index (κ3) is 7.03. The topological polar surface area (TPSA) is 76.7 Å². The Hall–Kier alpha value is -3.43. The normalized spacial score (nSPS) is 14.1. The molecular formula is C23H28F3N5O2. The molecule has 33 heavy (non-hydrogen) atoms. The molecule has 0 aromatic heterocycles. The van der Waals surface area contributed by atoms with Crippen LogP contribution < -0.4 is 20.9 Å². The Morgan fingerprint density at radius 1 is 0.939 bits per heavy atom. The van der Waals surface area contributed by atoms with E-state index in [0.29, 0.717) is 38.4 Å². The third-order valence-corrected chi connectivity index (χ3v) is 5.31. The molecule has 1 aliphatic rings. The van der Waals surface area contributed by atoms with Crippen molar-refractivity contribution < 1.29 is 22.8 Å². The average molecular weight is 464 g/mol. The minimum absolute atomic E-state index is 0.0329. The van der Waals surface area contributed by atoms with E-state index < -0.39 is 17.8 Å². The van der Waals surface area contributed by atoms with Crippen LogP contribution in [-0.2, 0) is 6.18 Å². The number of hydrogen-bond donors (Lipinski definition) is 3. The maximum Gasteiger partial charge on any atom is 0.416 e. The number of carbonyl (C=O) groups is 2. The van der Waals surface area contributed by atoms with E-state index >= 15 is 0 Å². The van der Waals surface area contributed by atoms with Crippen molar-refractivity contribution in [2.45, 2.75) is 25.9 Å². The zero-order valence-corrected chi connectivity index (χ0v) is 18.4. The van der Waals surface area contributed by atoms with E-state index in [1.807, 2.05) is 12.1 Å². The number of nitrogens with zero attached hydrogens (tertiary/aromatic N) is 2. The second-order valence-corrected chi connectivity index (χ2v) is 7.76. The van der Waals surface area contributed by atoms with E-state index in [-0.39, 0.29) is 11.7 Å². The second-order valence-electron chi connectivity index (χ2n) is 7.76. The third-order valence-electron chi connectivity index (χ3n) is 5.31. The molecule has 7 nitrogen and oxygen atoms in total. The summed E-state index contributed by atoms with van der Waals surface area (Å²) in [4.78, 5) is 28.3. The summed E-state index contributed by atoms with van der Waals surface area (Å²) in [6.07, 6.45) is -2.48. The number of halogens is 3. The lowest BCUT2D eigenvalue weighted by Gasteiger charge is -2.36. The molecule has 3 rings (SSSR count). The van der Waals surface area contributed by atoms with Crippen molar-refractivity contribution in [2.75, 3.05) is 48.3 Å². The van der Waals surface area contributed by atoms with Crippen LogP contribution in [0.4, 0.5) is 39.8 Å². The molecule has 1 saturated heterocycles. The number of hydrogen-bond acceptors (Lipinski definition) is 3. The molecule has 2 aromatic carbocycles. The standard InChI is InChI=1S/C23H28F3N5O2/c1-2-3-11-27-22(33)31-14-12-30(13-15-31)20-9-7-18(8-10-20)28-21(32)29-19-6-4-5-17(16-19)23(24,25)26/h4-10,16H,2-3,11-15H2,1H3,(H,27,33)(H2,28,29,32). The van der Waals surface area contributed by atoms with Crippen molar-refractivity contribution in [1.29, 1.82) is 0 Å². The smallest absolute Gasteiger partial charge is 0.368 e. The van der Waals surface area contributed by atoms with Gasteiger partial charge in [0.2, 0.25) is 0 Å². The van der Waals surface area contributed by atoms with E-state index in [1.165, 1.54) is 12.1 Å². The lowest BCUT2D eigenvalue weighted by molar-refractivity contribution is -0.137. The van der Waals surface area contributed by atoms with Gasteiger partial charge in [0.25, 0.3) is 0 Å². The fraction of sp³-hybridized carbons (Fsp3) is 0.391.